The number of carbonyl (C=O) groups is 4. The lowest BCUT2D eigenvalue weighted by Crippen LogP contribution is -2.61. The molecule has 0 radical (unpaired) electrons. The van der Waals surface area contributed by atoms with E-state index in [1.165, 1.54) is 4.90 Å². The number of ether oxygens (including phenoxy) is 3. The van der Waals surface area contributed by atoms with Crippen molar-refractivity contribution in [1.29, 1.82) is 0 Å². The van der Waals surface area contributed by atoms with Gasteiger partial charge in [-0.2, -0.15) is 0 Å². The molecule has 3 fully saturated rings. The van der Waals surface area contributed by atoms with Crippen LogP contribution in [0.5, 0.6) is 0 Å². The summed E-state index contributed by atoms with van der Waals surface area (Å²) in [4.78, 5) is 56.8. The van der Waals surface area contributed by atoms with Crippen LogP contribution in [-0.4, -0.2) is 111 Å². The molecule has 58 heavy (non-hydrogen) atoms. The Labute approximate surface area is 345 Å². The summed E-state index contributed by atoms with van der Waals surface area (Å²) in [6, 6.07) is -1.06. The third-order valence-corrected chi connectivity index (χ3v) is 13.1. The molecule has 326 valence electrons. The predicted octanol–water partition coefficient (Wildman–Crippen LogP) is 5.70. The molecule has 2 bridgehead atoms. The maximum Gasteiger partial charge on any atom is 0.329 e. The smallest absolute Gasteiger partial charge is 0.329 e. The molecule has 3 aliphatic heterocycles. The first-order valence-electron chi connectivity index (χ1n) is 21.7. The van der Waals surface area contributed by atoms with Crippen molar-refractivity contribution in [3.05, 3.63) is 47.6 Å². The Bertz CT molecular complexity index is 1530. The van der Waals surface area contributed by atoms with Crippen molar-refractivity contribution < 1.29 is 53.8 Å². The summed E-state index contributed by atoms with van der Waals surface area (Å²) in [7, 11) is 1.58. The van der Waals surface area contributed by atoms with Crippen molar-refractivity contribution in [2.75, 3.05) is 13.7 Å². The Morgan fingerprint density at radius 3 is 2.28 bits per heavy atom. The SMILES string of the molecule is CO[C@H]1C[C@@H]2CC[C@@H](C)[C@@](O)(O2)C(=O)C(=O)N2CCCC[C@H]2C(=O)O[C@H]([C@H](C)CC2CCC(O)CC2)C/C=C(\C)[C@@H](O)[C@@H](O)C(=O)[C@H](C)C[C@H](C)/C=C/C=C/C=C1C. The molecule has 2 saturated heterocycles. The Balaban J connectivity index is 1.67. The second kappa shape index (κ2) is 22.0. The van der Waals surface area contributed by atoms with E-state index in [-0.39, 0.29) is 37.3 Å². The Morgan fingerprint density at radius 2 is 1.59 bits per heavy atom. The van der Waals surface area contributed by atoms with E-state index in [2.05, 4.69) is 0 Å². The van der Waals surface area contributed by atoms with Crippen LogP contribution in [0.15, 0.2) is 47.6 Å². The van der Waals surface area contributed by atoms with Crippen LogP contribution in [0.4, 0.5) is 0 Å². The minimum Gasteiger partial charge on any atom is -0.460 e. The van der Waals surface area contributed by atoms with Crippen molar-refractivity contribution in [2.24, 2.45) is 29.6 Å². The molecule has 0 spiro atoms. The van der Waals surface area contributed by atoms with Gasteiger partial charge in [0.05, 0.1) is 18.3 Å². The molecule has 1 amide bonds. The van der Waals surface area contributed by atoms with Crippen LogP contribution in [-0.2, 0) is 33.4 Å². The molecule has 4 rings (SSSR count). The number of Topliss-reactive ketones (excluding diaryl/α,β-unsaturated/α-hetero) is 2. The molecule has 11 atom stereocenters. The van der Waals surface area contributed by atoms with Gasteiger partial charge < -0.3 is 39.5 Å². The fourth-order valence-corrected chi connectivity index (χ4v) is 9.10. The van der Waals surface area contributed by atoms with Gasteiger partial charge in [0.25, 0.3) is 11.7 Å². The molecule has 4 N–H and O–H groups in total. The van der Waals surface area contributed by atoms with Crippen LogP contribution in [0.2, 0.25) is 0 Å². The molecule has 0 aromatic carbocycles. The van der Waals surface area contributed by atoms with Gasteiger partial charge in [-0.1, -0.05) is 64.2 Å². The maximum absolute atomic E-state index is 14.2. The molecule has 0 aromatic heterocycles. The first kappa shape index (κ1) is 47.7. The number of allylic oxidation sites excluding steroid dienone is 5. The van der Waals surface area contributed by atoms with E-state index in [1.807, 2.05) is 51.2 Å². The largest absolute Gasteiger partial charge is 0.460 e. The molecular formula is C46H71NO11. The van der Waals surface area contributed by atoms with E-state index in [9.17, 15) is 39.6 Å². The third-order valence-electron chi connectivity index (χ3n) is 13.1. The Hall–Kier alpha value is -3.00. The van der Waals surface area contributed by atoms with Crippen molar-refractivity contribution in [3.63, 3.8) is 0 Å². The van der Waals surface area contributed by atoms with Gasteiger partial charge in [-0.25, -0.2) is 4.79 Å². The second-order valence-electron chi connectivity index (χ2n) is 17.8. The fourth-order valence-electron chi connectivity index (χ4n) is 9.10. The standard InChI is InChI=1S/C46H71NO11/c1-28-13-9-8-10-14-29(2)39(56-7)27-36-22-17-33(6)46(55,58-36)43(52)44(53)47-24-12-11-15-37(47)45(54)57-38(31(4)26-34-18-20-35(48)21-19-34)23-16-30(3)40(49)42(51)41(50)32(5)25-28/h8-10,13-14,16,28,31-40,42,48-49,51,55H,11-12,15,17-27H2,1-7H3/b10-8+,13-9+,29-14?,30-16+/t28-,31-,32-,33-,34?,35?,36+,37+,38+,39+,40-,42-,46-/m1/s1. The normalized spacial score (nSPS) is 39.9. The Kier molecular flexibility index (Phi) is 18.1. The number of aliphatic hydroxyl groups excluding tert-OH is 3. The van der Waals surface area contributed by atoms with Crippen molar-refractivity contribution in [3.8, 4) is 0 Å². The number of nitrogens with zero attached hydrogens (tertiary/aromatic N) is 1. The monoisotopic (exact) mass is 814 g/mol. The summed E-state index contributed by atoms with van der Waals surface area (Å²) in [5.41, 5.74) is 1.26. The minimum atomic E-state index is -2.38. The van der Waals surface area contributed by atoms with Gasteiger partial charge in [0.1, 0.15) is 24.4 Å². The van der Waals surface area contributed by atoms with E-state index in [0.29, 0.717) is 62.9 Å². The molecule has 12 heteroatoms. The van der Waals surface area contributed by atoms with Gasteiger partial charge in [-0.3, -0.25) is 14.4 Å². The first-order chi connectivity index (χ1) is 27.5. The van der Waals surface area contributed by atoms with Crippen LogP contribution < -0.4 is 0 Å². The minimum absolute atomic E-state index is 0.00709. The zero-order valence-electron chi connectivity index (χ0n) is 35.9. The van der Waals surface area contributed by atoms with Crippen LogP contribution >= 0.6 is 0 Å². The average molecular weight is 814 g/mol. The quantitative estimate of drug-likeness (QED) is 0.156. The lowest BCUT2D eigenvalue weighted by molar-refractivity contribution is -0.265. The van der Waals surface area contributed by atoms with E-state index in [1.54, 1.807) is 34.0 Å². The van der Waals surface area contributed by atoms with Gasteiger partial charge in [-0.05, 0) is 113 Å². The van der Waals surface area contributed by atoms with Gasteiger partial charge in [0, 0.05) is 38.3 Å². The van der Waals surface area contributed by atoms with Crippen LogP contribution in [0.1, 0.15) is 125 Å². The topological polar surface area (TPSA) is 180 Å². The number of methoxy groups -OCH3 is 1. The van der Waals surface area contributed by atoms with Crippen LogP contribution in [0.25, 0.3) is 0 Å². The number of piperidine rings is 1. The van der Waals surface area contributed by atoms with Gasteiger partial charge >= 0.3 is 5.97 Å². The predicted molar refractivity (Wildman–Crippen MR) is 220 cm³/mol. The highest BCUT2D eigenvalue weighted by Gasteiger charge is 2.53. The molecule has 1 aliphatic carbocycles. The van der Waals surface area contributed by atoms with Crippen molar-refractivity contribution >= 4 is 23.4 Å². The first-order valence-corrected chi connectivity index (χ1v) is 21.7. The van der Waals surface area contributed by atoms with Gasteiger partial charge in [0.15, 0.2) is 5.78 Å². The summed E-state index contributed by atoms with van der Waals surface area (Å²) >= 11 is 0. The number of hydrogen-bond acceptors (Lipinski definition) is 11. The second-order valence-corrected chi connectivity index (χ2v) is 17.8. The molecule has 1 saturated carbocycles. The third kappa shape index (κ3) is 12.5. The summed E-state index contributed by atoms with van der Waals surface area (Å²) in [6.45, 7) is 11.1. The van der Waals surface area contributed by atoms with Crippen molar-refractivity contribution in [1.82, 2.24) is 4.90 Å². The Morgan fingerprint density at radius 1 is 0.879 bits per heavy atom. The van der Waals surface area contributed by atoms with E-state index in [0.717, 1.165) is 24.8 Å². The number of rotatable bonds is 4. The van der Waals surface area contributed by atoms with Crippen molar-refractivity contribution in [2.45, 2.75) is 173 Å². The number of cyclic esters (lactones) is 1. The van der Waals surface area contributed by atoms with E-state index >= 15 is 0 Å². The molecule has 12 nitrogen and oxygen atoms in total. The summed E-state index contributed by atoms with van der Waals surface area (Å²) in [5.74, 6) is -6.63. The number of carbonyl (C=O) groups excluding carboxylic acids is 4. The number of ketones is 2. The van der Waals surface area contributed by atoms with E-state index < -0.39 is 77.6 Å². The number of aliphatic hydroxyl groups is 4. The van der Waals surface area contributed by atoms with Crippen LogP contribution in [0.3, 0.4) is 0 Å². The molecular weight excluding hydrogens is 743 g/mol. The van der Waals surface area contributed by atoms with Gasteiger partial charge in [-0.15, -0.1) is 0 Å². The number of amides is 1. The number of hydrogen-bond donors (Lipinski definition) is 4. The lowest BCUT2D eigenvalue weighted by Gasteiger charge is -2.42. The number of esters is 1. The summed E-state index contributed by atoms with van der Waals surface area (Å²) < 4.78 is 18.2. The van der Waals surface area contributed by atoms with Crippen LogP contribution in [0, 0.1) is 29.6 Å². The molecule has 0 aromatic rings. The highest BCUT2D eigenvalue weighted by atomic mass is 16.6. The zero-order chi connectivity index (χ0) is 42.7. The highest BCUT2D eigenvalue weighted by Crippen LogP contribution is 2.37. The zero-order valence-corrected chi connectivity index (χ0v) is 35.9. The molecule has 3 heterocycles. The molecule has 0 unspecified atom stereocenters. The number of fused-ring (bicyclic) bond motifs is 3. The maximum atomic E-state index is 14.2. The van der Waals surface area contributed by atoms with Gasteiger partial charge in [0.2, 0.25) is 5.79 Å². The summed E-state index contributed by atoms with van der Waals surface area (Å²) in [5, 5.41) is 44.1. The molecule has 4 aliphatic rings. The van der Waals surface area contributed by atoms with E-state index in [4.69, 9.17) is 14.2 Å². The highest BCUT2D eigenvalue weighted by molar-refractivity contribution is 6.39. The lowest BCUT2D eigenvalue weighted by atomic mass is 9.80. The summed E-state index contributed by atoms with van der Waals surface area (Å²) in [6.07, 6.45) is 13.4. The fraction of sp³-hybridized carbons (Fsp3) is 0.739. The average Bonchev–Trinajstić information content (AvgIpc) is 3.21.